The third-order valence-electron chi connectivity index (χ3n) is 4.43. The molecule has 30 heavy (non-hydrogen) atoms. The van der Waals surface area contributed by atoms with Crippen molar-refractivity contribution in [3.05, 3.63) is 80.7 Å². The number of ether oxygens (including phenoxy) is 2. The van der Waals surface area contributed by atoms with Gasteiger partial charge in [0.2, 0.25) is 0 Å². The van der Waals surface area contributed by atoms with Crippen molar-refractivity contribution in [1.82, 2.24) is 0 Å². The minimum Gasteiger partial charge on any atom is -0.462 e. The summed E-state index contributed by atoms with van der Waals surface area (Å²) in [6.45, 7) is 3.98. The molecule has 0 fully saturated rings. The van der Waals surface area contributed by atoms with Crippen molar-refractivity contribution >= 4 is 43.8 Å². The van der Waals surface area contributed by atoms with Crippen LogP contribution in [0.5, 0.6) is 0 Å². The van der Waals surface area contributed by atoms with Gasteiger partial charge in [0.1, 0.15) is 0 Å². The lowest BCUT2D eigenvalue weighted by molar-refractivity contribution is 0.0526. The fourth-order valence-electron chi connectivity index (χ4n) is 3.13. The fourth-order valence-corrected chi connectivity index (χ4v) is 3.66. The van der Waals surface area contributed by atoms with Crippen molar-refractivity contribution in [3.63, 3.8) is 0 Å². The first-order valence-corrected chi connectivity index (χ1v) is 11.1. The maximum atomic E-state index is 12.9. The summed E-state index contributed by atoms with van der Waals surface area (Å²) in [5, 5.41) is 0. The molecule has 0 unspecified atom stereocenters. The molecule has 4 nitrogen and oxygen atoms in total. The molecule has 0 N–H and O–H groups in total. The zero-order valence-corrected chi connectivity index (χ0v) is 19.7. The van der Waals surface area contributed by atoms with Crippen molar-refractivity contribution < 1.29 is 19.1 Å². The SMILES string of the molecule is CCOC(=O)c1cc(C(=O)OCC)c(-c2ccc(Br)cc2)c(-c2ccc(Br)cc2)c1. The summed E-state index contributed by atoms with van der Waals surface area (Å²) in [7, 11) is 0. The van der Waals surface area contributed by atoms with Crippen LogP contribution in [-0.4, -0.2) is 25.2 Å². The molecule has 0 amide bonds. The molecule has 0 radical (unpaired) electrons. The Kier molecular flexibility index (Phi) is 7.45. The number of esters is 2. The zero-order chi connectivity index (χ0) is 21.7. The first-order valence-electron chi connectivity index (χ1n) is 9.48. The molecule has 0 aliphatic heterocycles. The molecule has 0 bridgehead atoms. The van der Waals surface area contributed by atoms with Crippen LogP contribution in [0.25, 0.3) is 22.3 Å². The maximum absolute atomic E-state index is 12.9. The number of benzene rings is 3. The third-order valence-corrected chi connectivity index (χ3v) is 5.49. The molecular weight excluding hydrogens is 512 g/mol. The molecule has 0 saturated heterocycles. The fraction of sp³-hybridized carbons (Fsp3) is 0.167. The summed E-state index contributed by atoms with van der Waals surface area (Å²) in [4.78, 5) is 25.4. The Bertz CT molecular complexity index is 1060. The third kappa shape index (κ3) is 4.99. The van der Waals surface area contributed by atoms with E-state index >= 15 is 0 Å². The second-order valence-electron chi connectivity index (χ2n) is 6.40. The summed E-state index contributed by atoms with van der Waals surface area (Å²) >= 11 is 6.90. The Labute approximate surface area is 192 Å². The minimum absolute atomic E-state index is 0.232. The van der Waals surface area contributed by atoms with Crippen LogP contribution in [0.2, 0.25) is 0 Å². The van der Waals surface area contributed by atoms with Crippen molar-refractivity contribution in [2.24, 2.45) is 0 Å². The van der Waals surface area contributed by atoms with Gasteiger partial charge in [0.15, 0.2) is 0 Å². The molecule has 3 aromatic rings. The van der Waals surface area contributed by atoms with Gasteiger partial charge in [0.25, 0.3) is 0 Å². The number of halogens is 2. The number of hydrogen-bond acceptors (Lipinski definition) is 4. The van der Waals surface area contributed by atoms with Crippen LogP contribution in [0.4, 0.5) is 0 Å². The second-order valence-corrected chi connectivity index (χ2v) is 8.23. The van der Waals surface area contributed by atoms with Gasteiger partial charge in [-0.25, -0.2) is 9.59 Å². The van der Waals surface area contributed by atoms with Crippen LogP contribution in [-0.2, 0) is 9.47 Å². The maximum Gasteiger partial charge on any atom is 0.338 e. The van der Waals surface area contributed by atoms with Crippen LogP contribution in [0.1, 0.15) is 34.6 Å². The van der Waals surface area contributed by atoms with Gasteiger partial charge in [0, 0.05) is 14.5 Å². The molecule has 0 saturated carbocycles. The van der Waals surface area contributed by atoms with Gasteiger partial charge in [-0.05, 0) is 66.9 Å². The largest absolute Gasteiger partial charge is 0.462 e. The lowest BCUT2D eigenvalue weighted by Gasteiger charge is -2.17. The predicted molar refractivity (Wildman–Crippen MR) is 125 cm³/mol. The van der Waals surface area contributed by atoms with E-state index in [1.807, 2.05) is 48.5 Å². The van der Waals surface area contributed by atoms with Gasteiger partial charge in [-0.2, -0.15) is 0 Å². The molecular formula is C24H20Br2O4. The Morgan fingerprint density at radius 1 is 0.733 bits per heavy atom. The number of carbonyl (C=O) groups excluding carboxylic acids is 2. The standard InChI is InChI=1S/C24H20Br2O4/c1-3-29-23(27)17-13-20(15-5-9-18(25)10-6-15)22(16-7-11-19(26)12-8-16)21(14-17)24(28)30-4-2/h5-14H,3-4H2,1-2H3. The van der Waals surface area contributed by atoms with Crippen LogP contribution < -0.4 is 0 Å². The summed E-state index contributed by atoms with van der Waals surface area (Å²) in [6.07, 6.45) is 0. The van der Waals surface area contributed by atoms with Gasteiger partial charge < -0.3 is 9.47 Å². The van der Waals surface area contributed by atoms with Crippen LogP contribution in [0.15, 0.2) is 69.6 Å². The van der Waals surface area contributed by atoms with Crippen LogP contribution in [0, 0.1) is 0 Å². The van der Waals surface area contributed by atoms with Gasteiger partial charge >= 0.3 is 11.9 Å². The first-order chi connectivity index (χ1) is 14.4. The van der Waals surface area contributed by atoms with E-state index in [2.05, 4.69) is 31.9 Å². The van der Waals surface area contributed by atoms with E-state index in [1.165, 1.54) is 0 Å². The molecule has 0 atom stereocenters. The van der Waals surface area contributed by atoms with Gasteiger partial charge in [-0.15, -0.1) is 0 Å². The lowest BCUT2D eigenvalue weighted by atomic mass is 9.88. The van der Waals surface area contributed by atoms with Crippen molar-refractivity contribution in [3.8, 4) is 22.3 Å². The Morgan fingerprint density at radius 3 is 1.77 bits per heavy atom. The molecule has 3 rings (SSSR count). The minimum atomic E-state index is -0.486. The molecule has 0 heterocycles. The van der Waals surface area contributed by atoms with Gasteiger partial charge in [-0.1, -0.05) is 56.1 Å². The summed E-state index contributed by atoms with van der Waals surface area (Å²) in [6, 6.07) is 18.7. The highest BCUT2D eigenvalue weighted by molar-refractivity contribution is 9.10. The lowest BCUT2D eigenvalue weighted by Crippen LogP contribution is -2.12. The summed E-state index contributed by atoms with van der Waals surface area (Å²) < 4.78 is 12.4. The highest BCUT2D eigenvalue weighted by atomic mass is 79.9. The second kappa shape index (κ2) is 10.0. The first kappa shape index (κ1) is 22.2. The van der Waals surface area contributed by atoms with E-state index in [9.17, 15) is 9.59 Å². The topological polar surface area (TPSA) is 52.6 Å². The van der Waals surface area contributed by atoms with E-state index in [0.717, 1.165) is 25.6 Å². The Hall–Kier alpha value is -2.44. The number of hydrogen-bond donors (Lipinski definition) is 0. The zero-order valence-electron chi connectivity index (χ0n) is 16.6. The summed E-state index contributed by atoms with van der Waals surface area (Å²) in [5.41, 5.74) is 3.79. The molecule has 3 aromatic carbocycles. The molecule has 6 heteroatoms. The van der Waals surface area contributed by atoms with Gasteiger partial charge in [-0.3, -0.25) is 0 Å². The number of carbonyl (C=O) groups is 2. The summed E-state index contributed by atoms with van der Waals surface area (Å²) in [5.74, 6) is -0.969. The van der Waals surface area contributed by atoms with Crippen molar-refractivity contribution in [2.45, 2.75) is 13.8 Å². The highest BCUT2D eigenvalue weighted by Crippen LogP contribution is 2.38. The van der Waals surface area contributed by atoms with Gasteiger partial charge in [0.05, 0.1) is 24.3 Å². The quantitative estimate of drug-likeness (QED) is 0.325. The van der Waals surface area contributed by atoms with E-state index in [0.29, 0.717) is 16.7 Å². The van der Waals surface area contributed by atoms with E-state index in [1.54, 1.807) is 26.0 Å². The average molecular weight is 532 g/mol. The Morgan fingerprint density at radius 2 is 1.23 bits per heavy atom. The smallest absolute Gasteiger partial charge is 0.338 e. The molecule has 154 valence electrons. The van der Waals surface area contributed by atoms with Crippen LogP contribution >= 0.6 is 31.9 Å². The Balaban J connectivity index is 2.34. The molecule has 0 aliphatic rings. The normalized spacial score (nSPS) is 10.5. The van der Waals surface area contributed by atoms with Crippen molar-refractivity contribution in [2.75, 3.05) is 13.2 Å². The van der Waals surface area contributed by atoms with Crippen LogP contribution in [0.3, 0.4) is 0 Å². The van der Waals surface area contributed by atoms with Crippen molar-refractivity contribution in [1.29, 1.82) is 0 Å². The van der Waals surface area contributed by atoms with E-state index in [4.69, 9.17) is 9.47 Å². The average Bonchev–Trinajstić information content (AvgIpc) is 2.74. The van der Waals surface area contributed by atoms with E-state index < -0.39 is 11.9 Å². The number of rotatable bonds is 6. The highest BCUT2D eigenvalue weighted by Gasteiger charge is 2.23. The molecule has 0 aromatic heterocycles. The molecule has 0 aliphatic carbocycles. The molecule has 0 spiro atoms. The predicted octanol–water partition coefficient (Wildman–Crippen LogP) is 6.90. The van der Waals surface area contributed by atoms with E-state index in [-0.39, 0.29) is 13.2 Å². The monoisotopic (exact) mass is 530 g/mol.